The highest BCUT2D eigenvalue weighted by Crippen LogP contribution is 2.21. The molecule has 0 fully saturated rings. The number of nitrogens with two attached hydrogens (primary N) is 1. The van der Waals surface area contributed by atoms with Crippen LogP contribution in [0.5, 0.6) is 0 Å². The van der Waals surface area contributed by atoms with Crippen molar-refractivity contribution in [2.24, 2.45) is 11.1 Å². The standard InChI is InChI=1S/C14H27N3S/c1-11-13(18-10-16-11)9-17(5)7-6-12(15)8-14(2,3)4/h10,12H,6-9,15H2,1-5H3. The fraction of sp³-hybridized carbons (Fsp3) is 0.786. The fourth-order valence-corrected chi connectivity index (χ4v) is 2.93. The topological polar surface area (TPSA) is 42.2 Å². The van der Waals surface area contributed by atoms with E-state index >= 15 is 0 Å². The van der Waals surface area contributed by atoms with Crippen molar-refractivity contribution in [3.05, 3.63) is 16.1 Å². The van der Waals surface area contributed by atoms with Gasteiger partial charge < -0.3 is 10.6 Å². The molecule has 1 aromatic rings. The first-order valence-electron chi connectivity index (χ1n) is 6.61. The number of hydrogen-bond acceptors (Lipinski definition) is 4. The Hall–Kier alpha value is -0.450. The summed E-state index contributed by atoms with van der Waals surface area (Å²) < 4.78 is 0. The molecule has 0 aliphatic heterocycles. The summed E-state index contributed by atoms with van der Waals surface area (Å²) in [5, 5.41) is 0. The maximum absolute atomic E-state index is 6.18. The molecule has 1 unspecified atom stereocenters. The SMILES string of the molecule is Cc1ncsc1CN(C)CCC(N)CC(C)(C)C. The van der Waals surface area contributed by atoms with E-state index in [1.807, 2.05) is 5.51 Å². The molecule has 4 heteroatoms. The second kappa shape index (κ2) is 6.64. The van der Waals surface area contributed by atoms with Crippen LogP contribution < -0.4 is 5.73 Å². The molecule has 0 bridgehead atoms. The number of aryl methyl sites for hydroxylation is 1. The van der Waals surface area contributed by atoms with Gasteiger partial charge in [-0.1, -0.05) is 20.8 Å². The van der Waals surface area contributed by atoms with Gasteiger partial charge in [-0.05, 0) is 38.8 Å². The van der Waals surface area contributed by atoms with E-state index in [2.05, 4.69) is 44.6 Å². The lowest BCUT2D eigenvalue weighted by molar-refractivity contribution is 0.279. The molecule has 1 heterocycles. The zero-order valence-corrected chi connectivity index (χ0v) is 13.2. The van der Waals surface area contributed by atoms with Crippen LogP contribution in [0, 0.1) is 12.3 Å². The predicted molar refractivity (Wildman–Crippen MR) is 79.8 cm³/mol. The van der Waals surface area contributed by atoms with E-state index in [1.54, 1.807) is 11.3 Å². The predicted octanol–water partition coefficient (Wildman–Crippen LogP) is 3.04. The van der Waals surface area contributed by atoms with Crippen LogP contribution in [0.4, 0.5) is 0 Å². The van der Waals surface area contributed by atoms with Gasteiger partial charge in [0.1, 0.15) is 0 Å². The number of hydrogen-bond donors (Lipinski definition) is 1. The van der Waals surface area contributed by atoms with Gasteiger partial charge in [0.05, 0.1) is 11.2 Å². The zero-order valence-electron chi connectivity index (χ0n) is 12.4. The Morgan fingerprint density at radius 3 is 2.61 bits per heavy atom. The number of thiazole rings is 1. The Kier molecular flexibility index (Phi) is 5.76. The zero-order chi connectivity index (χ0) is 13.8. The summed E-state index contributed by atoms with van der Waals surface area (Å²) in [5.74, 6) is 0. The summed E-state index contributed by atoms with van der Waals surface area (Å²) in [6.45, 7) is 10.9. The third-order valence-electron chi connectivity index (χ3n) is 3.01. The third-order valence-corrected chi connectivity index (χ3v) is 3.93. The molecule has 2 N–H and O–H groups in total. The van der Waals surface area contributed by atoms with Gasteiger partial charge >= 0.3 is 0 Å². The maximum atomic E-state index is 6.18. The molecule has 0 aromatic carbocycles. The summed E-state index contributed by atoms with van der Waals surface area (Å²) in [4.78, 5) is 7.98. The number of nitrogens with zero attached hydrogens (tertiary/aromatic N) is 2. The Balaban J connectivity index is 2.29. The highest BCUT2D eigenvalue weighted by atomic mass is 32.1. The van der Waals surface area contributed by atoms with Crippen molar-refractivity contribution in [1.29, 1.82) is 0 Å². The Labute approximate surface area is 115 Å². The second-order valence-corrected chi connectivity index (χ2v) is 7.35. The van der Waals surface area contributed by atoms with Crippen LogP contribution in [0.1, 0.15) is 44.2 Å². The van der Waals surface area contributed by atoms with Crippen LogP contribution in [-0.4, -0.2) is 29.5 Å². The summed E-state index contributed by atoms with van der Waals surface area (Å²) >= 11 is 1.74. The molecule has 3 nitrogen and oxygen atoms in total. The van der Waals surface area contributed by atoms with Crippen LogP contribution in [0.15, 0.2) is 5.51 Å². The van der Waals surface area contributed by atoms with E-state index in [0.29, 0.717) is 11.5 Å². The van der Waals surface area contributed by atoms with Gasteiger partial charge in [0, 0.05) is 17.5 Å². The molecule has 0 aliphatic rings. The Bertz CT molecular complexity index is 354. The van der Waals surface area contributed by atoms with Crippen LogP contribution in [0.25, 0.3) is 0 Å². The van der Waals surface area contributed by atoms with Crippen molar-refractivity contribution in [3.8, 4) is 0 Å². The first-order valence-corrected chi connectivity index (χ1v) is 7.49. The van der Waals surface area contributed by atoms with Gasteiger partial charge in [-0.3, -0.25) is 0 Å². The Morgan fingerprint density at radius 2 is 2.11 bits per heavy atom. The van der Waals surface area contributed by atoms with Gasteiger partial charge in [-0.15, -0.1) is 11.3 Å². The van der Waals surface area contributed by atoms with Gasteiger partial charge in [0.15, 0.2) is 0 Å². The van der Waals surface area contributed by atoms with Crippen LogP contribution in [0.3, 0.4) is 0 Å². The molecule has 1 rings (SSSR count). The molecule has 18 heavy (non-hydrogen) atoms. The van der Waals surface area contributed by atoms with Crippen molar-refractivity contribution in [2.45, 2.75) is 53.1 Å². The van der Waals surface area contributed by atoms with Gasteiger partial charge in [-0.2, -0.15) is 0 Å². The van der Waals surface area contributed by atoms with Crippen LogP contribution in [0.2, 0.25) is 0 Å². The maximum Gasteiger partial charge on any atom is 0.0798 e. The van der Waals surface area contributed by atoms with Crippen molar-refractivity contribution >= 4 is 11.3 Å². The number of aromatic nitrogens is 1. The van der Waals surface area contributed by atoms with E-state index in [4.69, 9.17) is 5.73 Å². The largest absolute Gasteiger partial charge is 0.328 e. The lowest BCUT2D eigenvalue weighted by atomic mass is 9.87. The minimum absolute atomic E-state index is 0.301. The van der Waals surface area contributed by atoms with Gasteiger partial charge in [0.25, 0.3) is 0 Å². The molecule has 1 atom stereocenters. The molecule has 0 amide bonds. The smallest absolute Gasteiger partial charge is 0.0798 e. The lowest BCUT2D eigenvalue weighted by Crippen LogP contribution is -2.31. The minimum Gasteiger partial charge on any atom is -0.328 e. The van der Waals surface area contributed by atoms with E-state index in [0.717, 1.165) is 31.6 Å². The van der Waals surface area contributed by atoms with E-state index in [9.17, 15) is 0 Å². The summed E-state index contributed by atoms with van der Waals surface area (Å²) in [7, 11) is 2.16. The van der Waals surface area contributed by atoms with Gasteiger partial charge in [0.2, 0.25) is 0 Å². The molecular weight excluding hydrogens is 242 g/mol. The van der Waals surface area contributed by atoms with Crippen LogP contribution in [-0.2, 0) is 6.54 Å². The average molecular weight is 269 g/mol. The second-order valence-electron chi connectivity index (χ2n) is 6.41. The van der Waals surface area contributed by atoms with E-state index in [1.165, 1.54) is 4.88 Å². The summed E-state index contributed by atoms with van der Waals surface area (Å²) in [5.41, 5.74) is 9.58. The molecule has 0 spiro atoms. The molecule has 104 valence electrons. The first-order chi connectivity index (χ1) is 8.28. The average Bonchev–Trinajstić information content (AvgIpc) is 2.59. The van der Waals surface area contributed by atoms with Crippen molar-refractivity contribution < 1.29 is 0 Å². The number of rotatable bonds is 6. The third kappa shape index (κ3) is 5.94. The van der Waals surface area contributed by atoms with E-state index in [-0.39, 0.29) is 0 Å². The molecule has 0 saturated heterocycles. The van der Waals surface area contributed by atoms with Crippen molar-refractivity contribution in [1.82, 2.24) is 9.88 Å². The molecule has 0 saturated carbocycles. The Morgan fingerprint density at radius 1 is 1.44 bits per heavy atom. The lowest BCUT2D eigenvalue weighted by Gasteiger charge is -2.25. The van der Waals surface area contributed by atoms with Crippen LogP contribution >= 0.6 is 11.3 Å². The first kappa shape index (κ1) is 15.6. The van der Waals surface area contributed by atoms with E-state index < -0.39 is 0 Å². The summed E-state index contributed by atoms with van der Waals surface area (Å²) in [6.07, 6.45) is 2.14. The normalized spacial score (nSPS) is 14.2. The fourth-order valence-electron chi connectivity index (χ4n) is 2.08. The summed E-state index contributed by atoms with van der Waals surface area (Å²) in [6, 6.07) is 0.301. The molecular formula is C14H27N3S. The van der Waals surface area contributed by atoms with Crippen molar-refractivity contribution in [2.75, 3.05) is 13.6 Å². The van der Waals surface area contributed by atoms with Gasteiger partial charge in [-0.25, -0.2) is 4.98 Å². The molecule has 1 aromatic heterocycles. The quantitative estimate of drug-likeness (QED) is 0.863. The highest BCUT2D eigenvalue weighted by molar-refractivity contribution is 7.09. The highest BCUT2D eigenvalue weighted by Gasteiger charge is 2.16. The molecule has 0 radical (unpaired) electrons. The molecule has 0 aliphatic carbocycles. The minimum atomic E-state index is 0.301. The van der Waals surface area contributed by atoms with Crippen molar-refractivity contribution in [3.63, 3.8) is 0 Å². The monoisotopic (exact) mass is 269 g/mol.